The van der Waals surface area contributed by atoms with E-state index in [1.54, 1.807) is 13.2 Å². The SMILES string of the molecule is C=CCNC(=O)NC(=O)COC(=O)CCc1ccccc1OC. The van der Waals surface area contributed by atoms with Crippen LogP contribution in [0.2, 0.25) is 0 Å². The van der Waals surface area contributed by atoms with Gasteiger partial charge in [0.1, 0.15) is 5.75 Å². The third kappa shape index (κ3) is 7.12. The number of carbonyl (C=O) groups excluding carboxylic acids is 3. The Hall–Kier alpha value is -2.83. The molecule has 0 spiro atoms. The molecular weight excluding hydrogens is 300 g/mol. The van der Waals surface area contributed by atoms with E-state index in [4.69, 9.17) is 9.47 Å². The van der Waals surface area contributed by atoms with Crippen molar-refractivity contribution in [3.8, 4) is 5.75 Å². The van der Waals surface area contributed by atoms with E-state index >= 15 is 0 Å². The lowest BCUT2D eigenvalue weighted by atomic mass is 10.1. The molecule has 0 aliphatic rings. The Morgan fingerprint density at radius 1 is 1.26 bits per heavy atom. The van der Waals surface area contributed by atoms with Crippen LogP contribution in [-0.4, -0.2) is 38.2 Å². The number of carbonyl (C=O) groups is 3. The topological polar surface area (TPSA) is 93.7 Å². The Bertz CT molecular complexity index is 571. The first-order chi connectivity index (χ1) is 11.1. The number of imide groups is 1. The van der Waals surface area contributed by atoms with Crippen LogP contribution in [0.25, 0.3) is 0 Å². The first-order valence-corrected chi connectivity index (χ1v) is 7.03. The fourth-order valence-electron chi connectivity index (χ4n) is 1.74. The van der Waals surface area contributed by atoms with E-state index in [1.807, 2.05) is 23.5 Å². The van der Waals surface area contributed by atoms with Gasteiger partial charge in [0.2, 0.25) is 0 Å². The number of benzene rings is 1. The molecule has 124 valence electrons. The van der Waals surface area contributed by atoms with E-state index in [0.29, 0.717) is 12.2 Å². The van der Waals surface area contributed by atoms with E-state index < -0.39 is 24.5 Å². The van der Waals surface area contributed by atoms with Crippen molar-refractivity contribution in [2.24, 2.45) is 0 Å². The van der Waals surface area contributed by atoms with Gasteiger partial charge in [-0.25, -0.2) is 4.79 Å². The van der Waals surface area contributed by atoms with Crippen molar-refractivity contribution in [2.45, 2.75) is 12.8 Å². The Labute approximate surface area is 134 Å². The molecule has 0 bridgehead atoms. The van der Waals surface area contributed by atoms with Crippen molar-refractivity contribution in [3.63, 3.8) is 0 Å². The maximum absolute atomic E-state index is 11.6. The predicted molar refractivity (Wildman–Crippen MR) is 84.0 cm³/mol. The molecule has 0 heterocycles. The first-order valence-electron chi connectivity index (χ1n) is 7.03. The molecule has 0 aliphatic carbocycles. The summed E-state index contributed by atoms with van der Waals surface area (Å²) >= 11 is 0. The van der Waals surface area contributed by atoms with Crippen molar-refractivity contribution in [3.05, 3.63) is 42.5 Å². The first kappa shape index (κ1) is 18.2. The normalized spacial score (nSPS) is 9.61. The number of para-hydroxylation sites is 1. The number of rotatable bonds is 8. The van der Waals surface area contributed by atoms with Gasteiger partial charge in [-0.2, -0.15) is 0 Å². The second-order valence-corrected chi connectivity index (χ2v) is 4.52. The molecule has 0 fully saturated rings. The standard InChI is InChI=1S/C16H20N2O5/c1-3-10-17-16(21)18-14(19)11-23-15(20)9-8-12-6-4-5-7-13(12)22-2/h3-7H,1,8-11H2,2H3,(H2,17,18,19,21). The quantitative estimate of drug-likeness (QED) is 0.554. The van der Waals surface area contributed by atoms with Gasteiger partial charge in [-0.15, -0.1) is 6.58 Å². The van der Waals surface area contributed by atoms with Crippen LogP contribution in [-0.2, 0) is 20.7 Å². The average Bonchev–Trinajstić information content (AvgIpc) is 2.56. The molecule has 3 amide bonds. The van der Waals surface area contributed by atoms with Crippen LogP contribution in [0, 0.1) is 0 Å². The molecule has 0 radical (unpaired) electrons. The number of methoxy groups -OCH3 is 1. The number of urea groups is 1. The Kier molecular flexibility index (Phi) is 7.91. The number of esters is 1. The highest BCUT2D eigenvalue weighted by atomic mass is 16.5. The van der Waals surface area contributed by atoms with E-state index in [1.165, 1.54) is 6.08 Å². The zero-order valence-electron chi connectivity index (χ0n) is 13.0. The van der Waals surface area contributed by atoms with Crippen LogP contribution in [0.4, 0.5) is 4.79 Å². The van der Waals surface area contributed by atoms with Crippen LogP contribution in [0.5, 0.6) is 5.75 Å². The summed E-state index contributed by atoms with van der Waals surface area (Å²) in [5.41, 5.74) is 0.875. The predicted octanol–water partition coefficient (Wildman–Crippen LogP) is 1.18. The van der Waals surface area contributed by atoms with E-state index in [2.05, 4.69) is 11.9 Å². The van der Waals surface area contributed by atoms with E-state index in [9.17, 15) is 14.4 Å². The molecule has 23 heavy (non-hydrogen) atoms. The fraction of sp³-hybridized carbons (Fsp3) is 0.312. The molecule has 1 rings (SSSR count). The molecule has 7 nitrogen and oxygen atoms in total. The van der Waals surface area contributed by atoms with Crippen molar-refractivity contribution in [2.75, 3.05) is 20.3 Å². The minimum absolute atomic E-state index is 0.107. The summed E-state index contributed by atoms with van der Waals surface area (Å²) in [6, 6.07) is 6.67. The summed E-state index contributed by atoms with van der Waals surface area (Å²) in [6.45, 7) is 3.15. The molecule has 0 aromatic heterocycles. The highest BCUT2D eigenvalue weighted by Crippen LogP contribution is 2.18. The lowest BCUT2D eigenvalue weighted by Crippen LogP contribution is -2.41. The number of hydrogen-bond donors (Lipinski definition) is 2. The highest BCUT2D eigenvalue weighted by Gasteiger charge is 2.11. The lowest BCUT2D eigenvalue weighted by Gasteiger charge is -2.08. The summed E-state index contributed by atoms with van der Waals surface area (Å²) in [6.07, 6.45) is 2.02. The molecular formula is C16H20N2O5. The van der Waals surface area contributed by atoms with Crippen molar-refractivity contribution in [1.29, 1.82) is 0 Å². The Morgan fingerprint density at radius 3 is 2.70 bits per heavy atom. The molecule has 0 aliphatic heterocycles. The number of amides is 3. The summed E-state index contributed by atoms with van der Waals surface area (Å²) in [5, 5.41) is 4.40. The molecule has 7 heteroatoms. The van der Waals surface area contributed by atoms with Gasteiger partial charge in [0.25, 0.3) is 5.91 Å². The van der Waals surface area contributed by atoms with Crippen molar-refractivity contribution in [1.82, 2.24) is 10.6 Å². The maximum Gasteiger partial charge on any atom is 0.321 e. The summed E-state index contributed by atoms with van der Waals surface area (Å²) < 4.78 is 10.00. The smallest absolute Gasteiger partial charge is 0.321 e. The van der Waals surface area contributed by atoms with Crippen LogP contribution >= 0.6 is 0 Å². The van der Waals surface area contributed by atoms with Crippen LogP contribution in [0.15, 0.2) is 36.9 Å². The third-order valence-corrected chi connectivity index (χ3v) is 2.82. The highest BCUT2D eigenvalue weighted by molar-refractivity contribution is 5.95. The average molecular weight is 320 g/mol. The molecule has 0 saturated carbocycles. The van der Waals surface area contributed by atoms with Crippen LogP contribution in [0.1, 0.15) is 12.0 Å². The van der Waals surface area contributed by atoms with Gasteiger partial charge in [-0.05, 0) is 18.1 Å². The van der Waals surface area contributed by atoms with Crippen LogP contribution in [0.3, 0.4) is 0 Å². The lowest BCUT2D eigenvalue weighted by molar-refractivity contribution is -0.148. The minimum atomic E-state index is -0.697. The Balaban J connectivity index is 2.30. The minimum Gasteiger partial charge on any atom is -0.496 e. The van der Waals surface area contributed by atoms with Gasteiger partial charge < -0.3 is 14.8 Å². The van der Waals surface area contributed by atoms with Crippen molar-refractivity contribution >= 4 is 17.9 Å². The summed E-state index contributed by atoms with van der Waals surface area (Å²) in [4.78, 5) is 34.2. The van der Waals surface area contributed by atoms with Gasteiger partial charge >= 0.3 is 12.0 Å². The van der Waals surface area contributed by atoms with E-state index in [-0.39, 0.29) is 13.0 Å². The molecule has 1 aromatic carbocycles. The van der Waals surface area contributed by atoms with Gasteiger partial charge in [0, 0.05) is 13.0 Å². The number of hydrogen-bond acceptors (Lipinski definition) is 5. The molecule has 2 N–H and O–H groups in total. The summed E-state index contributed by atoms with van der Waals surface area (Å²) in [5.74, 6) is -0.535. The third-order valence-electron chi connectivity index (χ3n) is 2.82. The second kappa shape index (κ2) is 9.99. The maximum atomic E-state index is 11.6. The zero-order valence-corrected chi connectivity index (χ0v) is 13.0. The van der Waals surface area contributed by atoms with Gasteiger partial charge in [0.15, 0.2) is 6.61 Å². The number of aryl methyl sites for hydroxylation is 1. The number of nitrogens with one attached hydrogen (secondary N) is 2. The zero-order chi connectivity index (χ0) is 17.1. The number of ether oxygens (including phenoxy) is 2. The molecule has 0 atom stereocenters. The van der Waals surface area contributed by atoms with Crippen molar-refractivity contribution < 1.29 is 23.9 Å². The van der Waals surface area contributed by atoms with Crippen LogP contribution < -0.4 is 15.4 Å². The monoisotopic (exact) mass is 320 g/mol. The second-order valence-electron chi connectivity index (χ2n) is 4.52. The van der Waals surface area contributed by atoms with Gasteiger partial charge in [-0.3, -0.25) is 14.9 Å². The largest absolute Gasteiger partial charge is 0.496 e. The molecule has 0 unspecified atom stereocenters. The van der Waals surface area contributed by atoms with Gasteiger partial charge in [0.05, 0.1) is 7.11 Å². The fourth-order valence-corrected chi connectivity index (χ4v) is 1.74. The Morgan fingerprint density at radius 2 is 2.00 bits per heavy atom. The van der Waals surface area contributed by atoms with E-state index in [0.717, 1.165) is 5.56 Å². The molecule has 1 aromatic rings. The molecule has 0 saturated heterocycles. The summed E-state index contributed by atoms with van der Waals surface area (Å²) in [7, 11) is 1.55. The van der Waals surface area contributed by atoms with Gasteiger partial charge in [-0.1, -0.05) is 24.3 Å².